The second-order valence-electron chi connectivity index (χ2n) is 8.90. The van der Waals surface area contributed by atoms with Crippen LogP contribution in [0.25, 0.3) is 5.65 Å². The van der Waals surface area contributed by atoms with Crippen LogP contribution in [0.5, 0.6) is 0 Å². The number of aliphatic hydroxyl groups is 2. The fraction of sp³-hybridized carbons (Fsp3) is 0.450. The summed E-state index contributed by atoms with van der Waals surface area (Å²) in [6, 6.07) is 8.03. The molecule has 0 bridgehead atoms. The van der Waals surface area contributed by atoms with Crippen molar-refractivity contribution in [1.82, 2.24) is 19.6 Å². The maximum absolute atomic E-state index is 11.9. The van der Waals surface area contributed by atoms with Crippen LogP contribution in [0.3, 0.4) is 0 Å². The molecule has 37 heavy (non-hydrogen) atoms. The predicted octanol–water partition coefficient (Wildman–Crippen LogP) is 1.38. The Hall–Kier alpha value is -1.96. The van der Waals surface area contributed by atoms with Gasteiger partial charge in [0.15, 0.2) is 17.4 Å². The van der Waals surface area contributed by atoms with Crippen LogP contribution in [-0.4, -0.2) is 75.3 Å². The highest BCUT2D eigenvalue weighted by atomic mass is 35.5. The lowest BCUT2D eigenvalue weighted by Crippen LogP contribution is -2.33. The molecule has 6 N–H and O–H groups in total. The van der Waals surface area contributed by atoms with E-state index in [1.54, 1.807) is 0 Å². The maximum Gasteiger partial charge on any atom is 0.340 e. The van der Waals surface area contributed by atoms with E-state index in [4.69, 9.17) is 30.6 Å². The Morgan fingerprint density at radius 1 is 1.19 bits per heavy atom. The molecule has 3 heterocycles. The first-order valence-corrected chi connectivity index (χ1v) is 15.1. The molecule has 1 unspecified atom stereocenters. The van der Waals surface area contributed by atoms with E-state index >= 15 is 0 Å². The van der Waals surface area contributed by atoms with Crippen molar-refractivity contribution in [2.24, 2.45) is 0 Å². The van der Waals surface area contributed by atoms with Gasteiger partial charge in [0.1, 0.15) is 24.4 Å². The molecule has 1 aliphatic heterocycles. The molecule has 3 aromatic rings. The third kappa shape index (κ3) is 5.59. The number of fused-ring (bicyclic) bond motifs is 2. The molecule has 0 amide bonds. The third-order valence-corrected chi connectivity index (χ3v) is 9.88. The van der Waals surface area contributed by atoms with Gasteiger partial charge in [0.05, 0.1) is 24.5 Å². The number of hydrogen-bond acceptors (Lipinski definition) is 10. The molecule has 1 saturated heterocycles. The summed E-state index contributed by atoms with van der Waals surface area (Å²) in [7, 11) is -9.51. The molecule has 1 aromatic carbocycles. The van der Waals surface area contributed by atoms with Gasteiger partial charge in [-0.1, -0.05) is 24.3 Å². The summed E-state index contributed by atoms with van der Waals surface area (Å²) in [5.74, 6) is -1.03. The number of nitrogens with zero attached hydrogens (tertiary/aromatic N) is 4. The number of anilines is 1. The first-order chi connectivity index (χ1) is 17.4. The van der Waals surface area contributed by atoms with Crippen molar-refractivity contribution in [3.63, 3.8) is 0 Å². The number of ether oxygens (including phenoxy) is 1. The van der Waals surface area contributed by atoms with E-state index < -0.39 is 52.1 Å². The van der Waals surface area contributed by atoms with Gasteiger partial charge in [-0.2, -0.15) is 4.98 Å². The maximum atomic E-state index is 11.9. The molecule has 2 aliphatic rings. The van der Waals surface area contributed by atoms with E-state index in [2.05, 4.69) is 26.4 Å². The SMILES string of the molecule is O=P(O)(O)CP(=O)(O)OC[C@H]1O[C@@H](c2cnc3c(N[C@@H]4CCc5ccccc54)nc(Cl)nn23)[C@H](O)[C@@H]1O. The average Bonchev–Trinajstić information content (AvgIpc) is 3.48. The summed E-state index contributed by atoms with van der Waals surface area (Å²) < 4.78 is 34.7. The molecule has 5 rings (SSSR count). The number of aryl methyl sites for hydroxylation is 1. The molecule has 17 heteroatoms. The smallest absolute Gasteiger partial charge is 0.340 e. The summed E-state index contributed by atoms with van der Waals surface area (Å²) in [4.78, 5) is 36.2. The number of hydrogen-bond donors (Lipinski definition) is 6. The van der Waals surface area contributed by atoms with Crippen LogP contribution in [0.1, 0.15) is 35.4 Å². The highest BCUT2D eigenvalue weighted by Crippen LogP contribution is 2.55. The molecular formula is C20H24ClN5O9P2. The molecule has 1 aliphatic carbocycles. The van der Waals surface area contributed by atoms with E-state index in [0.29, 0.717) is 11.5 Å². The molecule has 0 saturated carbocycles. The molecule has 0 radical (unpaired) electrons. The predicted molar refractivity (Wildman–Crippen MR) is 129 cm³/mol. The van der Waals surface area contributed by atoms with Crippen molar-refractivity contribution in [3.05, 3.63) is 52.6 Å². The summed E-state index contributed by atoms with van der Waals surface area (Å²) >= 11 is 6.19. The van der Waals surface area contributed by atoms with Crippen LogP contribution in [0, 0.1) is 0 Å². The quantitative estimate of drug-likeness (QED) is 0.210. The van der Waals surface area contributed by atoms with Gasteiger partial charge in [0.2, 0.25) is 5.28 Å². The summed E-state index contributed by atoms with van der Waals surface area (Å²) in [6.45, 7) is -0.705. The van der Waals surface area contributed by atoms with Gasteiger partial charge in [-0.05, 0) is 35.6 Å². The summed E-state index contributed by atoms with van der Waals surface area (Å²) in [5.41, 5.74) is 2.90. The highest BCUT2D eigenvalue weighted by Gasteiger charge is 2.46. The van der Waals surface area contributed by atoms with E-state index in [1.165, 1.54) is 16.3 Å². The third-order valence-electron chi connectivity index (χ3n) is 6.26. The number of benzene rings is 1. The number of imidazole rings is 1. The Morgan fingerprint density at radius 2 is 1.95 bits per heavy atom. The minimum absolute atomic E-state index is 0.0230. The number of halogens is 1. The lowest BCUT2D eigenvalue weighted by Gasteiger charge is -2.18. The Labute approximate surface area is 214 Å². The van der Waals surface area contributed by atoms with Crippen molar-refractivity contribution < 1.29 is 43.3 Å². The second-order valence-corrected chi connectivity index (χ2v) is 13.2. The first-order valence-electron chi connectivity index (χ1n) is 11.2. The van der Waals surface area contributed by atoms with Crippen LogP contribution < -0.4 is 5.32 Å². The Kier molecular flexibility index (Phi) is 7.18. The van der Waals surface area contributed by atoms with Crippen LogP contribution >= 0.6 is 26.8 Å². The zero-order valence-corrected chi connectivity index (χ0v) is 21.6. The van der Waals surface area contributed by atoms with Crippen molar-refractivity contribution in [1.29, 1.82) is 0 Å². The summed E-state index contributed by atoms with van der Waals surface area (Å²) in [5, 5.41) is 28.5. The normalized spacial score (nSPS) is 27.4. The van der Waals surface area contributed by atoms with Crippen molar-refractivity contribution in [2.45, 2.75) is 43.3 Å². The van der Waals surface area contributed by atoms with Gasteiger partial charge in [-0.25, -0.2) is 9.50 Å². The fourth-order valence-electron chi connectivity index (χ4n) is 4.63. The van der Waals surface area contributed by atoms with Crippen LogP contribution in [0.4, 0.5) is 5.82 Å². The van der Waals surface area contributed by atoms with Gasteiger partial charge in [-0.3, -0.25) is 9.13 Å². The second kappa shape index (κ2) is 9.97. The zero-order chi connectivity index (χ0) is 26.5. The molecule has 200 valence electrons. The van der Waals surface area contributed by atoms with Crippen molar-refractivity contribution in [2.75, 3.05) is 17.8 Å². The first kappa shape index (κ1) is 26.6. The summed E-state index contributed by atoms with van der Waals surface area (Å²) in [6.07, 6.45) is -2.38. The van der Waals surface area contributed by atoms with E-state index in [1.807, 2.05) is 18.2 Å². The van der Waals surface area contributed by atoms with Gasteiger partial charge in [0.25, 0.3) is 0 Å². The fourth-order valence-corrected chi connectivity index (χ4v) is 7.36. The standard InChI is InChI=1S/C20H24ClN5O9P2/c21-20-24-18(23-12-6-5-10-3-1-2-4-11(10)12)19-22-7-13(26(19)25-20)17-16(28)15(27)14(35-17)8-34-37(32,33)9-36(29,30)31/h1-4,7,12,14-17,27-28H,5-6,8-9H2,(H,32,33)(H,23,24,25)(H2,29,30,31)/t12-,14-,15-,16-,17+/m1/s1. The number of aliphatic hydroxyl groups excluding tert-OH is 2. The largest absolute Gasteiger partial charge is 0.387 e. The Morgan fingerprint density at radius 3 is 2.70 bits per heavy atom. The van der Waals surface area contributed by atoms with E-state index in [9.17, 15) is 24.2 Å². The monoisotopic (exact) mass is 575 g/mol. The van der Waals surface area contributed by atoms with E-state index in [0.717, 1.165) is 18.4 Å². The molecule has 6 atom stereocenters. The minimum Gasteiger partial charge on any atom is -0.387 e. The lowest BCUT2D eigenvalue weighted by molar-refractivity contribution is -0.0204. The van der Waals surface area contributed by atoms with Gasteiger partial charge < -0.3 is 39.5 Å². The van der Waals surface area contributed by atoms with Gasteiger partial charge >= 0.3 is 15.2 Å². The molecule has 1 fully saturated rings. The Balaban J connectivity index is 1.37. The van der Waals surface area contributed by atoms with Crippen molar-refractivity contribution >= 4 is 38.3 Å². The topological polar surface area (TPSA) is 209 Å². The molecule has 2 aromatic heterocycles. The van der Waals surface area contributed by atoms with Crippen molar-refractivity contribution in [3.8, 4) is 0 Å². The van der Waals surface area contributed by atoms with Crippen LogP contribution in [0.15, 0.2) is 30.5 Å². The lowest BCUT2D eigenvalue weighted by atomic mass is 10.1. The van der Waals surface area contributed by atoms with Gasteiger partial charge in [-0.15, -0.1) is 5.10 Å². The molecular weight excluding hydrogens is 552 g/mol. The Bertz CT molecular complexity index is 1420. The van der Waals surface area contributed by atoms with E-state index in [-0.39, 0.29) is 17.0 Å². The highest BCUT2D eigenvalue weighted by molar-refractivity contribution is 7.70. The van der Waals surface area contributed by atoms with Crippen LogP contribution in [-0.2, 0) is 24.8 Å². The number of rotatable bonds is 8. The number of aromatic nitrogens is 4. The van der Waals surface area contributed by atoms with Crippen LogP contribution in [0.2, 0.25) is 5.28 Å². The molecule has 14 nitrogen and oxygen atoms in total. The molecule has 0 spiro atoms. The van der Waals surface area contributed by atoms with Gasteiger partial charge in [0, 0.05) is 0 Å². The zero-order valence-electron chi connectivity index (χ0n) is 19.0. The average molecular weight is 576 g/mol. The minimum atomic E-state index is -4.83. The number of nitrogens with one attached hydrogen (secondary N) is 1.